The van der Waals surface area contributed by atoms with Crippen LogP contribution in [0.5, 0.6) is 0 Å². The zero-order chi connectivity index (χ0) is 41.0. The number of hydrogen-bond donors (Lipinski definition) is 4. The molecular weight excluding hydrogens is 753 g/mol. The van der Waals surface area contributed by atoms with Crippen LogP contribution in [0.1, 0.15) is 76.1 Å². The number of H-pyrrole nitrogens is 2. The largest absolute Gasteiger partial charge is 0.453 e. The molecule has 16 heteroatoms. The second kappa shape index (κ2) is 17.4. The predicted octanol–water partition coefficient (Wildman–Crippen LogP) is 5.33. The van der Waals surface area contributed by atoms with Crippen LogP contribution in [0.3, 0.4) is 0 Å². The van der Waals surface area contributed by atoms with Crippen LogP contribution in [0.4, 0.5) is 4.79 Å². The third-order valence-corrected chi connectivity index (χ3v) is 11.9. The lowest BCUT2D eigenvalue weighted by atomic mass is 9.90. The van der Waals surface area contributed by atoms with Gasteiger partial charge in [-0.25, -0.2) is 14.8 Å². The number of aromatic amines is 2. The molecule has 4 atom stereocenters. The second-order valence-electron chi connectivity index (χ2n) is 15.9. The minimum Gasteiger partial charge on any atom is -0.453 e. The van der Waals surface area contributed by atoms with Gasteiger partial charge >= 0.3 is 6.09 Å². The molecule has 59 heavy (non-hydrogen) atoms. The van der Waals surface area contributed by atoms with Gasteiger partial charge in [-0.15, -0.1) is 0 Å². The number of alkyl carbamates (subject to hydrolysis) is 1. The Kier molecular flexibility index (Phi) is 11.7. The van der Waals surface area contributed by atoms with Crippen molar-refractivity contribution >= 4 is 35.2 Å². The average Bonchev–Trinajstić information content (AvgIpc) is 4.11. The van der Waals surface area contributed by atoms with Crippen LogP contribution in [-0.4, -0.2) is 110 Å². The maximum absolute atomic E-state index is 14.0. The lowest BCUT2D eigenvalue weighted by Crippen LogP contribution is -2.53. The molecular formula is C43H50N10O6. The first kappa shape index (κ1) is 39.7. The molecule has 0 saturated carbocycles. The summed E-state index contributed by atoms with van der Waals surface area (Å²) in [7, 11) is 1.30. The summed E-state index contributed by atoms with van der Waals surface area (Å²) in [6.45, 7) is 6.15. The molecule has 4 aromatic heterocycles. The summed E-state index contributed by atoms with van der Waals surface area (Å²) in [6, 6.07) is 10.4. The number of aromatic nitrogens is 6. The van der Waals surface area contributed by atoms with Gasteiger partial charge in [0.05, 0.1) is 48.0 Å². The van der Waals surface area contributed by atoms with Crippen molar-refractivity contribution in [2.75, 3.05) is 33.4 Å². The molecule has 4 N–H and O–H groups in total. The second-order valence-corrected chi connectivity index (χ2v) is 15.9. The first-order valence-electron chi connectivity index (χ1n) is 20.4. The number of nitrogens with one attached hydrogen (secondary N) is 4. The van der Waals surface area contributed by atoms with Crippen molar-refractivity contribution in [3.63, 3.8) is 0 Å². The fraction of sp³-hybridized carbons (Fsp3) is 0.442. The number of ether oxygens (including phenoxy) is 2. The number of carbonyl (C=O) groups excluding carboxylic acids is 4. The number of likely N-dealkylation sites (tertiary alicyclic amines) is 2. The van der Waals surface area contributed by atoms with Crippen LogP contribution in [0.2, 0.25) is 0 Å². The number of nitrogens with zero attached hydrogens (tertiary/aromatic N) is 6. The van der Waals surface area contributed by atoms with E-state index < -0.39 is 18.2 Å². The Balaban J connectivity index is 0.940. The van der Waals surface area contributed by atoms with Gasteiger partial charge in [0.15, 0.2) is 0 Å². The van der Waals surface area contributed by atoms with Gasteiger partial charge in [0.25, 0.3) is 0 Å². The van der Waals surface area contributed by atoms with Crippen LogP contribution < -0.4 is 10.6 Å². The molecule has 8 rings (SSSR count). The van der Waals surface area contributed by atoms with E-state index in [0.29, 0.717) is 51.4 Å². The van der Waals surface area contributed by atoms with E-state index in [1.807, 2.05) is 66.4 Å². The quantitative estimate of drug-likeness (QED) is 0.120. The molecule has 3 fully saturated rings. The maximum atomic E-state index is 14.0. The Morgan fingerprint density at radius 3 is 2.29 bits per heavy atom. The molecule has 16 nitrogen and oxygen atoms in total. The minimum absolute atomic E-state index is 0.0345. The fourth-order valence-corrected chi connectivity index (χ4v) is 8.68. The van der Waals surface area contributed by atoms with Gasteiger partial charge in [0.2, 0.25) is 18.2 Å². The Bertz CT molecular complexity index is 2300. The van der Waals surface area contributed by atoms with Gasteiger partial charge in [0, 0.05) is 67.0 Å². The SMILES string of the molecule is COC(=O)N[C@H](C(=O)N1CCC[C@H]1c1ncc(-c2ccc(-c3ccc4cc(-c5c[nH]c([C@@H]6CCCN6C(=O)[C@@H](NC=O)C(C)C)n5)cnc4c3)nc2)[nH]1)C1CCOCC1. The highest BCUT2D eigenvalue weighted by molar-refractivity contribution is 5.88. The molecule has 3 aliphatic heterocycles. The number of imidazole rings is 2. The number of fused-ring (bicyclic) bond motifs is 1. The van der Waals surface area contributed by atoms with Gasteiger partial charge < -0.3 is 39.9 Å². The number of amides is 4. The molecule has 4 amide bonds. The lowest BCUT2D eigenvalue weighted by molar-refractivity contribution is -0.137. The Morgan fingerprint density at radius 1 is 0.847 bits per heavy atom. The van der Waals surface area contributed by atoms with Crippen LogP contribution in [0.15, 0.2) is 61.2 Å². The topological polar surface area (TPSA) is 200 Å². The van der Waals surface area contributed by atoms with E-state index in [2.05, 4.69) is 26.7 Å². The summed E-state index contributed by atoms with van der Waals surface area (Å²) >= 11 is 0. The van der Waals surface area contributed by atoms with E-state index in [1.54, 1.807) is 12.4 Å². The Morgan fingerprint density at radius 2 is 1.58 bits per heavy atom. The van der Waals surface area contributed by atoms with Gasteiger partial charge in [-0.05, 0) is 74.6 Å². The zero-order valence-corrected chi connectivity index (χ0v) is 33.5. The van der Waals surface area contributed by atoms with Gasteiger partial charge in [-0.2, -0.15) is 0 Å². The van der Waals surface area contributed by atoms with Crippen molar-refractivity contribution < 1.29 is 28.7 Å². The molecule has 3 saturated heterocycles. The molecule has 0 unspecified atom stereocenters. The van der Waals surface area contributed by atoms with Gasteiger partial charge in [-0.1, -0.05) is 26.0 Å². The summed E-state index contributed by atoms with van der Waals surface area (Å²) in [5.41, 5.74) is 5.79. The lowest BCUT2D eigenvalue weighted by Gasteiger charge is -2.34. The zero-order valence-electron chi connectivity index (χ0n) is 33.5. The highest BCUT2D eigenvalue weighted by atomic mass is 16.5. The van der Waals surface area contributed by atoms with E-state index in [0.717, 1.165) is 76.2 Å². The molecule has 7 heterocycles. The summed E-state index contributed by atoms with van der Waals surface area (Å²) in [6.07, 6.45) is 11.8. The Labute approximate surface area is 341 Å². The molecule has 5 aromatic rings. The van der Waals surface area contributed by atoms with Crippen LogP contribution in [0.25, 0.3) is 44.7 Å². The van der Waals surface area contributed by atoms with Crippen LogP contribution >= 0.6 is 0 Å². The van der Waals surface area contributed by atoms with E-state index in [1.165, 1.54) is 7.11 Å². The summed E-state index contributed by atoms with van der Waals surface area (Å²) in [5.74, 6) is 1.12. The number of pyridine rings is 2. The molecule has 3 aliphatic rings. The number of methoxy groups -OCH3 is 1. The smallest absolute Gasteiger partial charge is 0.407 e. The first-order chi connectivity index (χ1) is 28.7. The number of hydrogen-bond acceptors (Lipinski definition) is 10. The predicted molar refractivity (Wildman–Crippen MR) is 218 cm³/mol. The van der Waals surface area contributed by atoms with Crippen LogP contribution in [0, 0.1) is 11.8 Å². The summed E-state index contributed by atoms with van der Waals surface area (Å²) in [5, 5.41) is 6.44. The van der Waals surface area contributed by atoms with Crippen molar-refractivity contribution in [3.8, 4) is 33.8 Å². The Hall–Kier alpha value is -6.16. The summed E-state index contributed by atoms with van der Waals surface area (Å²) < 4.78 is 10.4. The van der Waals surface area contributed by atoms with Crippen LogP contribution in [-0.2, 0) is 23.9 Å². The number of carbonyl (C=O) groups is 4. The third kappa shape index (κ3) is 8.26. The molecule has 1 aromatic carbocycles. The van der Waals surface area contributed by atoms with Gasteiger partial charge in [0.1, 0.15) is 23.7 Å². The van der Waals surface area contributed by atoms with Crippen molar-refractivity contribution in [2.45, 2.75) is 76.5 Å². The van der Waals surface area contributed by atoms with Crippen molar-refractivity contribution in [1.29, 1.82) is 0 Å². The van der Waals surface area contributed by atoms with E-state index >= 15 is 0 Å². The molecule has 308 valence electrons. The number of benzene rings is 1. The minimum atomic E-state index is -0.694. The average molecular weight is 803 g/mol. The molecule has 0 spiro atoms. The fourth-order valence-electron chi connectivity index (χ4n) is 8.68. The van der Waals surface area contributed by atoms with Crippen molar-refractivity contribution in [3.05, 3.63) is 72.8 Å². The highest BCUT2D eigenvalue weighted by Crippen LogP contribution is 2.35. The van der Waals surface area contributed by atoms with E-state index in [9.17, 15) is 19.2 Å². The monoisotopic (exact) mass is 802 g/mol. The number of rotatable bonds is 12. The maximum Gasteiger partial charge on any atom is 0.407 e. The van der Waals surface area contributed by atoms with E-state index in [4.69, 9.17) is 29.4 Å². The van der Waals surface area contributed by atoms with Crippen molar-refractivity contribution in [1.82, 2.24) is 50.3 Å². The first-order valence-corrected chi connectivity index (χ1v) is 20.4. The molecule has 0 bridgehead atoms. The van der Waals surface area contributed by atoms with E-state index in [-0.39, 0.29) is 35.7 Å². The summed E-state index contributed by atoms with van der Waals surface area (Å²) in [4.78, 5) is 80.3. The third-order valence-electron chi connectivity index (χ3n) is 11.9. The highest BCUT2D eigenvalue weighted by Gasteiger charge is 2.40. The van der Waals surface area contributed by atoms with Gasteiger partial charge in [-0.3, -0.25) is 24.4 Å². The normalized spacial score (nSPS) is 19.5. The molecule has 0 aliphatic carbocycles. The molecule has 0 radical (unpaired) electrons. The van der Waals surface area contributed by atoms with Crippen molar-refractivity contribution in [2.24, 2.45) is 11.8 Å². The standard InChI is InChI=1S/C43H50N10O6/c1-25(2)37(48-24-54)41(55)52-14-4-6-35(52)40-47-23-34(50-40)30-18-27-8-9-28(19-32(27)45-21-30)31-11-10-29(20-44-31)33-22-46-39(49-33)36-7-5-15-53(36)42(56)38(51-43(57)58-3)26-12-16-59-17-13-26/h8-11,18-26,35-38H,4-7,12-17H2,1-3H3,(H,46,49)(H,47,50)(H,48,54)(H,51,57)/t35-,36-,37-,38-/m0/s1.